The van der Waals surface area contributed by atoms with Crippen molar-refractivity contribution in [2.75, 3.05) is 0 Å². The first kappa shape index (κ1) is 40.1. The van der Waals surface area contributed by atoms with E-state index in [4.69, 9.17) is 13.7 Å². The monoisotopic (exact) mass is 1260 g/mol. The Morgan fingerprint density at radius 2 is 0.884 bits per heavy atom. The van der Waals surface area contributed by atoms with E-state index in [1.807, 2.05) is 134 Å². The van der Waals surface area contributed by atoms with E-state index in [0.29, 0.717) is 0 Å². The number of rotatable bonds is 8. The molecule has 6 aromatic carbocycles. The van der Waals surface area contributed by atoms with E-state index in [9.17, 15) is 0 Å². The van der Waals surface area contributed by atoms with Gasteiger partial charge in [-0.05, 0) is 107 Å². The van der Waals surface area contributed by atoms with Gasteiger partial charge < -0.3 is 19.9 Å². The van der Waals surface area contributed by atoms with Gasteiger partial charge in [0.15, 0.2) is 0 Å². The Hall–Kier alpha value is -6.78. The van der Waals surface area contributed by atoms with E-state index in [0.717, 1.165) is 61.7 Å². The summed E-state index contributed by atoms with van der Waals surface area (Å²) in [5.74, 6) is -1.50. The Balaban J connectivity index is 0.000000196. The molecule has 4 nitrogen and oxygen atoms in total. The van der Waals surface area contributed by atoms with Crippen LogP contribution in [0.15, 0.2) is 219 Å². The zero-order chi connectivity index (χ0) is 55.1. The molecule has 10 aromatic rings. The van der Waals surface area contributed by atoms with Crippen LogP contribution in [0.25, 0.3) is 67.3 Å². The summed E-state index contributed by atoms with van der Waals surface area (Å²) in [5, 5.41) is 0. The predicted octanol–water partition coefficient (Wildman–Crippen LogP) is 15.6. The third-order valence-corrected chi connectivity index (χ3v) is 10.1. The minimum atomic E-state index is -2.31. The Morgan fingerprint density at radius 1 is 0.435 bits per heavy atom. The molecule has 1 unspecified atom stereocenters. The second kappa shape index (κ2) is 27.9. The van der Waals surface area contributed by atoms with Crippen molar-refractivity contribution in [3.63, 3.8) is 0 Å². The third kappa shape index (κ3) is 16.7. The van der Waals surface area contributed by atoms with E-state index in [-0.39, 0.29) is 57.8 Å². The van der Waals surface area contributed by atoms with Gasteiger partial charge in [-0.25, -0.2) is 0 Å². The molecule has 0 bridgehead atoms. The zero-order valence-electron chi connectivity index (χ0n) is 47.9. The first-order chi connectivity index (χ1) is 36.7. The second-order valence-electron chi connectivity index (χ2n) is 15.4. The normalized spacial score (nSPS) is 13.6. The number of benzene rings is 6. The van der Waals surface area contributed by atoms with Gasteiger partial charge in [-0.2, -0.15) is 0 Å². The standard InChI is InChI=1S/C21H20N.C18H14N.2C12H10N.2Ir/c1-16(2)14-17-8-10-18(11-9-17)20-12-13-22-21(15-20)19-6-4-3-5-7-19;1-14-6-5-9-16(12-14)17-10-11-19-18(13-17)15-7-3-2-4-8-15;2*1-10-7-8-12(13-9-10)11-5-3-2-4-6-11;;/h3-6,8-13,15-16H,14H2,1-2H3;2-7,9-13H,1H3;2*2-5,7-9H,1H3;;/q4*-1;;/i1D3,16D;;2*1D3;;. The average molecular weight is 1260 g/mol. The van der Waals surface area contributed by atoms with Crippen molar-refractivity contribution >= 4 is 0 Å². The van der Waals surface area contributed by atoms with Gasteiger partial charge in [-0.15, -0.1) is 144 Å². The van der Waals surface area contributed by atoms with Crippen LogP contribution in [0.3, 0.4) is 0 Å². The molecule has 4 aromatic heterocycles. The molecule has 348 valence electrons. The van der Waals surface area contributed by atoms with Gasteiger partial charge in [-0.3, -0.25) is 0 Å². The molecular weight excluding hydrogens is 1200 g/mol. The number of hydrogen-bond acceptors (Lipinski definition) is 4. The summed E-state index contributed by atoms with van der Waals surface area (Å²) in [6.45, 7) is -2.92. The smallest absolute Gasteiger partial charge is 0.0300 e. The van der Waals surface area contributed by atoms with Crippen LogP contribution in [0.5, 0.6) is 0 Å². The number of pyridine rings is 4. The van der Waals surface area contributed by atoms with Crippen molar-refractivity contribution in [1.82, 2.24) is 19.9 Å². The van der Waals surface area contributed by atoms with Crippen molar-refractivity contribution in [2.45, 2.75) is 40.8 Å². The zero-order valence-corrected chi connectivity index (χ0v) is 42.7. The summed E-state index contributed by atoms with van der Waals surface area (Å²) in [7, 11) is 0. The molecule has 0 amide bonds. The molecule has 0 fully saturated rings. The van der Waals surface area contributed by atoms with Crippen LogP contribution in [0, 0.1) is 50.8 Å². The fourth-order valence-electron chi connectivity index (χ4n) is 6.78. The maximum Gasteiger partial charge on any atom is 0.0300 e. The average Bonchev–Trinajstić information content (AvgIpc) is 3.45. The number of hydrogen-bond donors (Lipinski definition) is 0. The molecule has 6 heteroatoms. The molecule has 4 heterocycles. The quantitative estimate of drug-likeness (QED) is 0.142. The first-order valence-electron chi connectivity index (χ1n) is 26.6. The van der Waals surface area contributed by atoms with Gasteiger partial charge in [0.05, 0.1) is 0 Å². The van der Waals surface area contributed by atoms with Crippen LogP contribution in [-0.2, 0) is 46.6 Å². The topological polar surface area (TPSA) is 51.6 Å². The summed E-state index contributed by atoms with van der Waals surface area (Å²) >= 11 is 0. The van der Waals surface area contributed by atoms with Crippen molar-refractivity contribution < 1.29 is 53.9 Å². The molecule has 10 rings (SSSR count). The molecule has 0 spiro atoms. The molecule has 2 radical (unpaired) electrons. The largest absolute Gasteiger partial charge is 0.305 e. The van der Waals surface area contributed by atoms with Crippen molar-refractivity contribution in [3.05, 3.63) is 265 Å². The molecule has 0 aliphatic carbocycles. The maximum absolute atomic E-state index is 8.08. The number of nitrogens with zero attached hydrogens (tertiary/aromatic N) is 4. The molecular formula is C63H54Ir2N4-4. The van der Waals surface area contributed by atoms with Crippen LogP contribution in [0.2, 0.25) is 0 Å². The molecule has 0 aliphatic heterocycles. The third-order valence-electron chi connectivity index (χ3n) is 10.1. The summed E-state index contributed by atoms with van der Waals surface area (Å²) in [6.07, 6.45) is 6.60. The summed E-state index contributed by atoms with van der Waals surface area (Å²) in [5.41, 5.74) is 14.0. The molecule has 0 N–H and O–H groups in total. The maximum atomic E-state index is 8.08. The molecule has 0 saturated carbocycles. The Labute approximate surface area is 450 Å². The molecule has 1 atom stereocenters. The van der Waals surface area contributed by atoms with E-state index >= 15 is 0 Å². The Kier molecular flexibility index (Phi) is 16.2. The molecule has 0 aliphatic rings. The van der Waals surface area contributed by atoms with Gasteiger partial charge >= 0.3 is 0 Å². The SMILES string of the molecule is Cc1cccc(-c2ccnc(-c3[c-]cccc3)c2)c1.[2H]C([2H])([2H])C([2H])(C)Cc1ccc(-c2ccnc(-c3[c-]cccc3)c2)cc1.[2H]C([2H])([2H])c1ccc(-c2[c-]cccc2)nc1.[2H]C([2H])([2H])c1ccc(-c2[c-]cccc2)nc1.[Ir].[Ir]. The Bertz CT molecular complexity index is 3310. The van der Waals surface area contributed by atoms with E-state index in [1.165, 1.54) is 36.0 Å². The summed E-state index contributed by atoms with van der Waals surface area (Å²) in [4.78, 5) is 17.1. The van der Waals surface area contributed by atoms with Gasteiger partial charge in [-0.1, -0.05) is 104 Å². The van der Waals surface area contributed by atoms with Crippen molar-refractivity contribution in [1.29, 1.82) is 0 Å². The van der Waals surface area contributed by atoms with Crippen LogP contribution >= 0.6 is 0 Å². The van der Waals surface area contributed by atoms with Crippen LogP contribution in [-0.4, -0.2) is 19.9 Å². The van der Waals surface area contributed by atoms with Crippen molar-refractivity contribution in [2.24, 2.45) is 5.89 Å². The molecule has 0 saturated heterocycles. The van der Waals surface area contributed by atoms with Crippen LogP contribution in [0.1, 0.15) is 49.7 Å². The van der Waals surface area contributed by atoms with E-state index in [2.05, 4.69) is 81.5 Å². The van der Waals surface area contributed by atoms with Crippen LogP contribution in [0.4, 0.5) is 0 Å². The van der Waals surface area contributed by atoms with Gasteiger partial charge in [0.1, 0.15) is 0 Å². The summed E-state index contributed by atoms with van der Waals surface area (Å²) in [6, 6.07) is 73.9. The van der Waals surface area contributed by atoms with Crippen LogP contribution < -0.4 is 0 Å². The van der Waals surface area contributed by atoms with Gasteiger partial charge in [0.25, 0.3) is 0 Å². The van der Waals surface area contributed by atoms with E-state index < -0.39 is 26.4 Å². The van der Waals surface area contributed by atoms with Crippen molar-refractivity contribution in [3.8, 4) is 67.3 Å². The molecule has 69 heavy (non-hydrogen) atoms. The summed E-state index contributed by atoms with van der Waals surface area (Å²) < 4.78 is 74.0. The van der Waals surface area contributed by atoms with E-state index in [1.54, 1.807) is 42.6 Å². The minimum Gasteiger partial charge on any atom is -0.305 e. The fourth-order valence-corrected chi connectivity index (χ4v) is 6.78. The fraction of sp³-hybridized carbons (Fsp3) is 0.111. The first-order valence-corrected chi connectivity index (χ1v) is 21.6. The second-order valence-corrected chi connectivity index (χ2v) is 15.4. The minimum absolute atomic E-state index is 0. The number of aryl methyl sites for hydroxylation is 3. The van der Waals surface area contributed by atoms with Gasteiger partial charge in [0.2, 0.25) is 0 Å². The Morgan fingerprint density at radius 3 is 1.28 bits per heavy atom. The van der Waals surface area contributed by atoms with Gasteiger partial charge in [0, 0.05) is 78.7 Å². The predicted molar refractivity (Wildman–Crippen MR) is 278 cm³/mol. The number of aromatic nitrogens is 4.